The van der Waals surface area contributed by atoms with Gasteiger partial charge in [0.05, 0.1) is 0 Å². The number of carbonyl (C=O) groups is 1. The molecule has 1 heterocycles. The van der Waals surface area contributed by atoms with Gasteiger partial charge in [0.1, 0.15) is 5.60 Å². The van der Waals surface area contributed by atoms with E-state index in [1.807, 2.05) is 20.8 Å². The fourth-order valence-corrected chi connectivity index (χ4v) is 3.08. The summed E-state index contributed by atoms with van der Waals surface area (Å²) < 4.78 is 16.4. The summed E-state index contributed by atoms with van der Waals surface area (Å²) >= 11 is 0. The van der Waals surface area contributed by atoms with Crippen molar-refractivity contribution in [3.63, 3.8) is 0 Å². The Kier molecular flexibility index (Phi) is 3.67. The smallest absolute Gasteiger partial charge is 0.410 e. The molecule has 0 aromatic heterocycles. The highest BCUT2D eigenvalue weighted by Crippen LogP contribution is 2.31. The molecule has 0 saturated carbocycles. The summed E-state index contributed by atoms with van der Waals surface area (Å²) in [6.07, 6.45) is 1.42. The minimum atomic E-state index is -0.810. The molecule has 1 unspecified atom stereocenters. The fraction of sp³-hybridized carbons (Fsp3) is 0.909. The topological polar surface area (TPSA) is 46.6 Å². The highest BCUT2D eigenvalue weighted by molar-refractivity contribution is 7.84. The number of hydrogen-bond donors (Lipinski definition) is 0. The molecule has 1 atom stereocenters. The highest BCUT2D eigenvalue weighted by atomic mass is 32.2. The Labute approximate surface area is 99.8 Å². The summed E-state index contributed by atoms with van der Waals surface area (Å²) in [7, 11) is -0.810. The third-order valence-electron chi connectivity index (χ3n) is 2.35. The van der Waals surface area contributed by atoms with Gasteiger partial charge in [0.25, 0.3) is 0 Å². The first-order chi connectivity index (χ1) is 7.11. The summed E-state index contributed by atoms with van der Waals surface area (Å²) in [4.78, 5) is 13.3. The van der Waals surface area contributed by atoms with Crippen LogP contribution in [-0.2, 0) is 15.5 Å². The largest absolute Gasteiger partial charge is 0.444 e. The van der Waals surface area contributed by atoms with Crippen LogP contribution in [0.25, 0.3) is 0 Å². The van der Waals surface area contributed by atoms with Gasteiger partial charge in [-0.1, -0.05) is 6.92 Å². The first kappa shape index (κ1) is 13.5. The SMILES string of the molecule is CS(=O)CC1(C)CN(C(=O)OC(C)(C)C)C1. The van der Waals surface area contributed by atoms with Crippen molar-refractivity contribution in [3.05, 3.63) is 0 Å². The zero-order valence-corrected chi connectivity index (χ0v) is 11.5. The lowest BCUT2D eigenvalue weighted by Crippen LogP contribution is -2.59. The average Bonchev–Trinajstić information content (AvgIpc) is 1.94. The molecule has 0 N–H and O–H groups in total. The summed E-state index contributed by atoms with van der Waals surface area (Å²) in [6.45, 7) is 8.89. The average molecular weight is 247 g/mol. The van der Waals surface area contributed by atoms with E-state index in [2.05, 4.69) is 6.92 Å². The van der Waals surface area contributed by atoms with Crippen LogP contribution in [0.2, 0.25) is 0 Å². The van der Waals surface area contributed by atoms with E-state index in [0.717, 1.165) is 0 Å². The molecule has 5 heteroatoms. The third-order valence-corrected chi connectivity index (χ3v) is 3.45. The molecule has 4 nitrogen and oxygen atoms in total. The molecular formula is C11H21NO3S. The molecule has 1 rings (SSSR count). The molecule has 0 aromatic rings. The number of likely N-dealkylation sites (tertiary alicyclic amines) is 1. The van der Waals surface area contributed by atoms with Gasteiger partial charge in [0, 0.05) is 41.3 Å². The van der Waals surface area contributed by atoms with Crippen molar-refractivity contribution in [2.45, 2.75) is 33.3 Å². The maximum atomic E-state index is 11.6. The summed E-state index contributed by atoms with van der Waals surface area (Å²) in [5, 5.41) is 0. The van der Waals surface area contributed by atoms with Crippen LogP contribution in [-0.4, -0.2) is 45.9 Å². The third kappa shape index (κ3) is 3.77. The van der Waals surface area contributed by atoms with Crippen molar-refractivity contribution in [3.8, 4) is 0 Å². The molecule has 0 radical (unpaired) electrons. The van der Waals surface area contributed by atoms with E-state index >= 15 is 0 Å². The summed E-state index contributed by atoms with van der Waals surface area (Å²) in [5.41, 5.74) is -0.451. The molecule has 0 aliphatic carbocycles. The van der Waals surface area contributed by atoms with Crippen LogP contribution in [0.15, 0.2) is 0 Å². The Morgan fingerprint density at radius 3 is 2.31 bits per heavy atom. The second-order valence-electron chi connectivity index (χ2n) is 5.86. The van der Waals surface area contributed by atoms with E-state index < -0.39 is 16.4 Å². The molecule has 16 heavy (non-hydrogen) atoms. The van der Waals surface area contributed by atoms with E-state index in [9.17, 15) is 9.00 Å². The lowest BCUT2D eigenvalue weighted by Gasteiger charge is -2.47. The second kappa shape index (κ2) is 4.35. The molecule has 1 aliphatic heterocycles. The minimum Gasteiger partial charge on any atom is -0.444 e. The van der Waals surface area contributed by atoms with Crippen LogP contribution < -0.4 is 0 Å². The van der Waals surface area contributed by atoms with E-state index in [1.165, 1.54) is 0 Å². The predicted octanol–water partition coefficient (Wildman–Crippen LogP) is 1.62. The zero-order valence-electron chi connectivity index (χ0n) is 10.7. The number of amides is 1. The Morgan fingerprint density at radius 1 is 1.44 bits per heavy atom. The quantitative estimate of drug-likeness (QED) is 0.745. The van der Waals surface area contributed by atoms with Crippen LogP contribution in [0.5, 0.6) is 0 Å². The maximum absolute atomic E-state index is 11.6. The van der Waals surface area contributed by atoms with E-state index in [-0.39, 0.29) is 11.5 Å². The molecule has 0 bridgehead atoms. The van der Waals surface area contributed by atoms with Crippen molar-refractivity contribution in [2.24, 2.45) is 5.41 Å². The molecule has 94 valence electrons. The van der Waals surface area contributed by atoms with Gasteiger partial charge in [0.15, 0.2) is 0 Å². The monoisotopic (exact) mass is 247 g/mol. The Balaban J connectivity index is 2.41. The molecule has 1 saturated heterocycles. The molecule has 0 spiro atoms. The maximum Gasteiger partial charge on any atom is 0.410 e. The van der Waals surface area contributed by atoms with Crippen molar-refractivity contribution in [1.29, 1.82) is 0 Å². The Hall–Kier alpha value is -0.580. The van der Waals surface area contributed by atoms with Gasteiger partial charge in [-0.15, -0.1) is 0 Å². The van der Waals surface area contributed by atoms with Crippen LogP contribution in [0.3, 0.4) is 0 Å². The standard InChI is InChI=1S/C11H21NO3S/c1-10(2,3)15-9(13)12-6-11(4,7-12)8-16(5)14/h6-8H2,1-5H3. The van der Waals surface area contributed by atoms with Crippen LogP contribution in [0.4, 0.5) is 4.79 Å². The lowest BCUT2D eigenvalue weighted by molar-refractivity contribution is -0.0205. The van der Waals surface area contributed by atoms with Gasteiger partial charge in [-0.3, -0.25) is 4.21 Å². The van der Waals surface area contributed by atoms with E-state index in [4.69, 9.17) is 4.74 Å². The van der Waals surface area contributed by atoms with Crippen molar-refractivity contribution < 1.29 is 13.7 Å². The molecule has 1 amide bonds. The van der Waals surface area contributed by atoms with Crippen molar-refractivity contribution in [2.75, 3.05) is 25.1 Å². The first-order valence-corrected chi connectivity index (χ1v) is 7.12. The second-order valence-corrected chi connectivity index (χ2v) is 7.30. The van der Waals surface area contributed by atoms with Crippen LogP contribution in [0, 0.1) is 5.41 Å². The van der Waals surface area contributed by atoms with Gasteiger partial charge in [-0.05, 0) is 20.8 Å². The Morgan fingerprint density at radius 2 is 1.94 bits per heavy atom. The van der Waals surface area contributed by atoms with Crippen LogP contribution >= 0.6 is 0 Å². The van der Waals surface area contributed by atoms with Crippen molar-refractivity contribution in [1.82, 2.24) is 4.90 Å². The van der Waals surface area contributed by atoms with Crippen molar-refractivity contribution >= 4 is 16.9 Å². The zero-order chi connectivity index (χ0) is 12.6. The Bertz CT molecular complexity index is 303. The summed E-state index contributed by atoms with van der Waals surface area (Å²) in [5.74, 6) is 0.645. The van der Waals surface area contributed by atoms with Gasteiger partial charge < -0.3 is 9.64 Å². The van der Waals surface area contributed by atoms with Crippen LogP contribution in [0.1, 0.15) is 27.7 Å². The number of hydrogen-bond acceptors (Lipinski definition) is 3. The number of rotatable bonds is 2. The number of ether oxygens (including phenoxy) is 1. The van der Waals surface area contributed by atoms with Gasteiger partial charge >= 0.3 is 6.09 Å². The normalized spacial score (nSPS) is 21.2. The van der Waals surface area contributed by atoms with Gasteiger partial charge in [-0.25, -0.2) is 4.79 Å². The number of carbonyl (C=O) groups excluding carboxylic acids is 1. The molecular weight excluding hydrogens is 226 g/mol. The predicted molar refractivity (Wildman–Crippen MR) is 64.8 cm³/mol. The first-order valence-electron chi connectivity index (χ1n) is 5.39. The molecule has 1 fully saturated rings. The molecule has 1 aliphatic rings. The molecule has 0 aromatic carbocycles. The highest BCUT2D eigenvalue weighted by Gasteiger charge is 2.43. The lowest BCUT2D eigenvalue weighted by atomic mass is 9.84. The van der Waals surface area contributed by atoms with Gasteiger partial charge in [-0.2, -0.15) is 0 Å². The summed E-state index contributed by atoms with van der Waals surface area (Å²) in [6, 6.07) is 0. The minimum absolute atomic E-state index is 0.00346. The fourth-order valence-electron chi connectivity index (χ4n) is 1.91. The van der Waals surface area contributed by atoms with E-state index in [1.54, 1.807) is 11.2 Å². The van der Waals surface area contributed by atoms with E-state index in [0.29, 0.717) is 18.8 Å². The number of nitrogens with zero attached hydrogens (tertiary/aromatic N) is 1. The van der Waals surface area contributed by atoms with Gasteiger partial charge in [0.2, 0.25) is 0 Å².